The number of hydrogen-bond acceptors (Lipinski definition) is 2. The minimum atomic E-state index is -4.70. The molecule has 0 N–H and O–H groups in total. The first kappa shape index (κ1) is 13.5. The fourth-order valence-corrected chi connectivity index (χ4v) is 2.38. The summed E-state index contributed by atoms with van der Waals surface area (Å²) in [7, 11) is 0. The summed E-state index contributed by atoms with van der Waals surface area (Å²) in [5.74, 6) is 0.155. The highest BCUT2D eigenvalue weighted by Gasteiger charge is 2.36. The van der Waals surface area contributed by atoms with Gasteiger partial charge in [-0.2, -0.15) is 0 Å². The highest BCUT2D eigenvalue weighted by atomic mass is 35.5. The Morgan fingerprint density at radius 2 is 2.06 bits per heavy atom. The van der Waals surface area contributed by atoms with Gasteiger partial charge in [0.2, 0.25) is 0 Å². The van der Waals surface area contributed by atoms with Crippen LogP contribution in [-0.4, -0.2) is 18.8 Å². The molecule has 0 spiro atoms. The van der Waals surface area contributed by atoms with Gasteiger partial charge >= 0.3 is 6.36 Å². The van der Waals surface area contributed by atoms with Crippen molar-refractivity contribution in [2.24, 2.45) is 5.92 Å². The number of rotatable bonds is 3. The molecule has 2 atom stereocenters. The molecule has 2 unspecified atom stereocenters. The van der Waals surface area contributed by atoms with E-state index in [0.29, 0.717) is 18.1 Å². The molecule has 1 aromatic rings. The molecular formula is C12H12ClF3O2. The number of halogens is 4. The average molecular weight is 281 g/mol. The molecule has 100 valence electrons. The molecule has 0 saturated carbocycles. The SMILES string of the molecule is FC(F)(F)Oc1ccccc1C1OCCC1CCl. The molecule has 0 aromatic heterocycles. The third-order valence-electron chi connectivity index (χ3n) is 2.86. The number of para-hydroxylation sites is 1. The monoisotopic (exact) mass is 280 g/mol. The van der Waals surface area contributed by atoms with Crippen molar-refractivity contribution in [3.8, 4) is 5.75 Å². The lowest BCUT2D eigenvalue weighted by atomic mass is 9.96. The molecule has 2 rings (SSSR count). The smallest absolute Gasteiger partial charge is 0.405 e. The standard InChI is InChI=1S/C12H12ClF3O2/c13-7-8-5-6-17-11(8)9-3-1-2-4-10(9)18-12(14,15)16/h1-4,8,11H,5-7H2. The summed E-state index contributed by atoms with van der Waals surface area (Å²) in [4.78, 5) is 0. The van der Waals surface area contributed by atoms with Crippen LogP contribution in [0.2, 0.25) is 0 Å². The van der Waals surface area contributed by atoms with E-state index < -0.39 is 12.5 Å². The first-order chi connectivity index (χ1) is 8.51. The van der Waals surface area contributed by atoms with Crippen molar-refractivity contribution >= 4 is 11.6 Å². The number of ether oxygens (including phenoxy) is 2. The van der Waals surface area contributed by atoms with E-state index in [4.69, 9.17) is 16.3 Å². The summed E-state index contributed by atoms with van der Waals surface area (Å²) in [5.41, 5.74) is 0.401. The van der Waals surface area contributed by atoms with Gasteiger partial charge in [0.15, 0.2) is 0 Å². The van der Waals surface area contributed by atoms with Crippen LogP contribution >= 0.6 is 11.6 Å². The number of alkyl halides is 4. The Balaban J connectivity index is 2.27. The quantitative estimate of drug-likeness (QED) is 0.782. The number of hydrogen-bond donors (Lipinski definition) is 0. The molecule has 0 bridgehead atoms. The normalized spacial score (nSPS) is 24.2. The van der Waals surface area contributed by atoms with E-state index in [1.54, 1.807) is 12.1 Å². The second-order valence-electron chi connectivity index (χ2n) is 4.08. The van der Waals surface area contributed by atoms with Crippen LogP contribution in [0, 0.1) is 5.92 Å². The summed E-state index contributed by atoms with van der Waals surface area (Å²) >= 11 is 5.79. The minimum absolute atomic E-state index is 0.0182. The Bertz CT molecular complexity index is 409. The Kier molecular flexibility index (Phi) is 4.02. The lowest BCUT2D eigenvalue weighted by Gasteiger charge is -2.20. The van der Waals surface area contributed by atoms with Crippen molar-refractivity contribution in [3.63, 3.8) is 0 Å². The largest absolute Gasteiger partial charge is 0.573 e. The molecule has 2 nitrogen and oxygen atoms in total. The van der Waals surface area contributed by atoms with Crippen molar-refractivity contribution in [1.82, 2.24) is 0 Å². The van der Waals surface area contributed by atoms with Gasteiger partial charge in [-0.25, -0.2) is 0 Å². The zero-order valence-electron chi connectivity index (χ0n) is 9.41. The van der Waals surface area contributed by atoms with Gasteiger partial charge in [0.05, 0.1) is 6.10 Å². The summed E-state index contributed by atoms with van der Waals surface area (Å²) in [6, 6.07) is 6.02. The predicted molar refractivity (Wildman–Crippen MR) is 60.6 cm³/mol. The third kappa shape index (κ3) is 3.09. The van der Waals surface area contributed by atoms with Gasteiger partial charge in [-0.1, -0.05) is 18.2 Å². The lowest BCUT2D eigenvalue weighted by molar-refractivity contribution is -0.275. The summed E-state index contributed by atoms with van der Waals surface area (Å²) < 4.78 is 46.4. The molecule has 0 aliphatic carbocycles. The molecule has 0 amide bonds. The van der Waals surface area contributed by atoms with Crippen molar-refractivity contribution in [2.75, 3.05) is 12.5 Å². The molecule has 0 radical (unpaired) electrons. The zero-order chi connectivity index (χ0) is 13.2. The number of benzene rings is 1. The first-order valence-corrected chi connectivity index (χ1v) is 6.07. The van der Waals surface area contributed by atoms with Crippen LogP contribution in [0.25, 0.3) is 0 Å². The van der Waals surface area contributed by atoms with Gasteiger partial charge < -0.3 is 9.47 Å². The van der Waals surface area contributed by atoms with E-state index in [1.807, 2.05) is 0 Å². The van der Waals surface area contributed by atoms with Crippen molar-refractivity contribution in [3.05, 3.63) is 29.8 Å². The topological polar surface area (TPSA) is 18.5 Å². The van der Waals surface area contributed by atoms with Gasteiger partial charge in [0, 0.05) is 24.0 Å². The van der Waals surface area contributed by atoms with Crippen molar-refractivity contribution < 1.29 is 22.6 Å². The van der Waals surface area contributed by atoms with Gasteiger partial charge in [0.1, 0.15) is 5.75 Å². The Hall–Kier alpha value is -0.940. The van der Waals surface area contributed by atoms with E-state index in [9.17, 15) is 13.2 Å². The van der Waals surface area contributed by atoms with E-state index in [2.05, 4.69) is 4.74 Å². The van der Waals surface area contributed by atoms with Gasteiger partial charge in [-0.15, -0.1) is 24.8 Å². The van der Waals surface area contributed by atoms with Crippen LogP contribution in [0.5, 0.6) is 5.75 Å². The molecule has 1 aliphatic heterocycles. The summed E-state index contributed by atoms with van der Waals surface area (Å²) in [6.07, 6.45) is -4.39. The van der Waals surface area contributed by atoms with Crippen LogP contribution in [0.4, 0.5) is 13.2 Å². The Labute approximate surface area is 108 Å². The molecule has 1 saturated heterocycles. The second kappa shape index (κ2) is 5.36. The lowest BCUT2D eigenvalue weighted by Crippen LogP contribution is -2.19. The predicted octanol–water partition coefficient (Wildman–Crippen LogP) is 3.90. The maximum Gasteiger partial charge on any atom is 0.573 e. The first-order valence-electron chi connectivity index (χ1n) is 5.53. The Morgan fingerprint density at radius 3 is 2.72 bits per heavy atom. The van der Waals surface area contributed by atoms with Crippen molar-refractivity contribution in [2.45, 2.75) is 18.9 Å². The zero-order valence-corrected chi connectivity index (χ0v) is 10.2. The molecular weight excluding hydrogens is 269 g/mol. The highest BCUT2D eigenvalue weighted by molar-refractivity contribution is 6.18. The molecule has 1 aromatic carbocycles. The maximum absolute atomic E-state index is 12.3. The van der Waals surface area contributed by atoms with Gasteiger partial charge in [-0.3, -0.25) is 0 Å². The molecule has 18 heavy (non-hydrogen) atoms. The van der Waals surface area contributed by atoms with Gasteiger partial charge in [-0.05, 0) is 12.5 Å². The van der Waals surface area contributed by atoms with E-state index in [-0.39, 0.29) is 11.7 Å². The summed E-state index contributed by atoms with van der Waals surface area (Å²) in [6.45, 7) is 0.502. The van der Waals surface area contributed by atoms with Crippen LogP contribution in [0.3, 0.4) is 0 Å². The van der Waals surface area contributed by atoms with E-state index in [1.165, 1.54) is 12.1 Å². The molecule has 1 heterocycles. The average Bonchev–Trinajstić information content (AvgIpc) is 2.75. The minimum Gasteiger partial charge on any atom is -0.405 e. The fourth-order valence-electron chi connectivity index (χ4n) is 2.07. The van der Waals surface area contributed by atoms with Crippen LogP contribution < -0.4 is 4.74 Å². The van der Waals surface area contributed by atoms with Crippen LogP contribution in [-0.2, 0) is 4.74 Å². The van der Waals surface area contributed by atoms with Gasteiger partial charge in [0.25, 0.3) is 0 Å². The molecule has 1 aliphatic rings. The fraction of sp³-hybridized carbons (Fsp3) is 0.500. The highest BCUT2D eigenvalue weighted by Crippen LogP contribution is 2.40. The third-order valence-corrected chi connectivity index (χ3v) is 3.26. The van der Waals surface area contributed by atoms with Crippen LogP contribution in [0.1, 0.15) is 18.1 Å². The second-order valence-corrected chi connectivity index (χ2v) is 4.39. The molecule has 1 fully saturated rings. The summed E-state index contributed by atoms with van der Waals surface area (Å²) in [5, 5.41) is 0. The molecule has 6 heteroatoms. The van der Waals surface area contributed by atoms with E-state index in [0.717, 1.165) is 6.42 Å². The maximum atomic E-state index is 12.3. The van der Waals surface area contributed by atoms with Crippen LogP contribution in [0.15, 0.2) is 24.3 Å². The van der Waals surface area contributed by atoms with E-state index >= 15 is 0 Å². The Morgan fingerprint density at radius 1 is 1.33 bits per heavy atom. The van der Waals surface area contributed by atoms with Crippen molar-refractivity contribution in [1.29, 1.82) is 0 Å².